The average Bonchev–Trinajstić information content (AvgIpc) is 2.08. The van der Waals surface area contributed by atoms with E-state index in [2.05, 4.69) is 0 Å². The summed E-state index contributed by atoms with van der Waals surface area (Å²) >= 11 is 21.8. The molecule has 0 saturated heterocycles. The van der Waals surface area contributed by atoms with Gasteiger partial charge in [0.25, 0.3) is 10.5 Å². The van der Waals surface area contributed by atoms with Crippen molar-refractivity contribution in [1.29, 1.82) is 0 Å². The summed E-state index contributed by atoms with van der Waals surface area (Å²) in [5.41, 5.74) is -0.220. The number of carbonyl (C=O) groups excluding carboxylic acids is 2. The smallest absolute Gasteiger partial charge is 0.254 e. The van der Waals surface area contributed by atoms with Gasteiger partial charge < -0.3 is 0 Å². The molecular formula is C8H2Cl4O2. The summed E-state index contributed by atoms with van der Waals surface area (Å²) in [7, 11) is 0. The van der Waals surface area contributed by atoms with E-state index in [9.17, 15) is 9.59 Å². The molecule has 0 aliphatic carbocycles. The van der Waals surface area contributed by atoms with Gasteiger partial charge in [-0.05, 0) is 35.3 Å². The van der Waals surface area contributed by atoms with Gasteiger partial charge in [0.1, 0.15) is 0 Å². The second-order valence-electron chi connectivity index (χ2n) is 2.33. The van der Waals surface area contributed by atoms with E-state index in [1.54, 1.807) is 0 Å². The van der Waals surface area contributed by atoms with Gasteiger partial charge in [0.15, 0.2) is 0 Å². The normalized spacial score (nSPS) is 10.0. The lowest BCUT2D eigenvalue weighted by Gasteiger charge is -2.04. The summed E-state index contributed by atoms with van der Waals surface area (Å²) in [6, 6.07) is 2.65. The van der Waals surface area contributed by atoms with Gasteiger partial charge in [0, 0.05) is 5.56 Å². The van der Waals surface area contributed by atoms with Gasteiger partial charge in [-0.15, -0.1) is 0 Å². The van der Waals surface area contributed by atoms with E-state index in [1.165, 1.54) is 12.1 Å². The summed E-state index contributed by atoms with van der Waals surface area (Å²) in [5.74, 6) is 0. The highest BCUT2D eigenvalue weighted by atomic mass is 35.5. The Morgan fingerprint density at radius 1 is 1.00 bits per heavy atom. The Balaban J connectivity index is 3.53. The quantitative estimate of drug-likeness (QED) is 0.768. The standard InChI is InChI=1S/C8H2Cl4O2/c9-4-2-1-3(7(11)13)5(6(4)10)8(12)14/h1-2H. The minimum Gasteiger partial charge on any atom is -0.276 e. The first-order chi connectivity index (χ1) is 6.45. The molecular weight excluding hydrogens is 270 g/mol. The van der Waals surface area contributed by atoms with Crippen molar-refractivity contribution in [2.24, 2.45) is 0 Å². The fourth-order valence-corrected chi connectivity index (χ4v) is 1.72. The van der Waals surface area contributed by atoms with Gasteiger partial charge in [0.05, 0.1) is 15.6 Å². The maximum absolute atomic E-state index is 11.0. The van der Waals surface area contributed by atoms with Gasteiger partial charge in [-0.1, -0.05) is 23.2 Å². The van der Waals surface area contributed by atoms with E-state index >= 15 is 0 Å². The molecule has 2 nitrogen and oxygen atoms in total. The Hall–Kier alpha value is -0.280. The van der Waals surface area contributed by atoms with Crippen molar-refractivity contribution in [2.45, 2.75) is 0 Å². The molecule has 6 heteroatoms. The Morgan fingerprint density at radius 3 is 2.00 bits per heavy atom. The zero-order valence-electron chi connectivity index (χ0n) is 6.48. The van der Waals surface area contributed by atoms with Crippen LogP contribution in [0.15, 0.2) is 12.1 Å². The van der Waals surface area contributed by atoms with Crippen LogP contribution in [0, 0.1) is 0 Å². The van der Waals surface area contributed by atoms with Crippen molar-refractivity contribution < 1.29 is 9.59 Å². The lowest BCUT2D eigenvalue weighted by Crippen LogP contribution is -2.02. The molecule has 14 heavy (non-hydrogen) atoms. The summed E-state index contributed by atoms with van der Waals surface area (Å²) in [6.07, 6.45) is 0. The third-order valence-electron chi connectivity index (χ3n) is 1.50. The summed E-state index contributed by atoms with van der Waals surface area (Å²) in [4.78, 5) is 21.8. The van der Waals surface area contributed by atoms with E-state index in [-0.39, 0.29) is 21.2 Å². The third kappa shape index (κ3) is 2.20. The van der Waals surface area contributed by atoms with Crippen LogP contribution in [0.5, 0.6) is 0 Å². The van der Waals surface area contributed by atoms with Crippen molar-refractivity contribution in [2.75, 3.05) is 0 Å². The summed E-state index contributed by atoms with van der Waals surface area (Å²) < 4.78 is 0. The first-order valence-corrected chi connectivity index (χ1v) is 4.84. The molecule has 0 aromatic heterocycles. The molecule has 0 radical (unpaired) electrons. The van der Waals surface area contributed by atoms with Crippen LogP contribution in [-0.2, 0) is 0 Å². The van der Waals surface area contributed by atoms with Crippen molar-refractivity contribution in [3.05, 3.63) is 33.3 Å². The van der Waals surface area contributed by atoms with E-state index in [0.717, 1.165) is 0 Å². The monoisotopic (exact) mass is 270 g/mol. The number of hydrogen-bond acceptors (Lipinski definition) is 2. The molecule has 0 aliphatic heterocycles. The molecule has 0 heterocycles. The third-order valence-corrected chi connectivity index (χ3v) is 2.70. The number of halogens is 4. The lowest BCUT2D eigenvalue weighted by molar-refractivity contribution is 0.105. The zero-order chi connectivity index (χ0) is 10.9. The number of rotatable bonds is 2. The number of benzene rings is 1. The fraction of sp³-hybridized carbons (Fsp3) is 0. The molecule has 0 fully saturated rings. The highest BCUT2D eigenvalue weighted by Crippen LogP contribution is 2.30. The van der Waals surface area contributed by atoms with Gasteiger partial charge in [-0.3, -0.25) is 9.59 Å². The van der Waals surface area contributed by atoms with E-state index in [4.69, 9.17) is 46.4 Å². The fourth-order valence-electron chi connectivity index (χ4n) is 0.907. The highest BCUT2D eigenvalue weighted by Gasteiger charge is 2.19. The van der Waals surface area contributed by atoms with Crippen molar-refractivity contribution >= 4 is 56.9 Å². The molecule has 0 amide bonds. The maximum atomic E-state index is 11.0. The SMILES string of the molecule is O=C(Cl)c1ccc(Cl)c(Cl)c1C(=O)Cl. The van der Waals surface area contributed by atoms with Gasteiger partial charge in [-0.25, -0.2) is 0 Å². The zero-order valence-corrected chi connectivity index (χ0v) is 9.51. The predicted octanol–water partition coefficient (Wildman–Crippen LogP) is 3.75. The maximum Gasteiger partial charge on any atom is 0.254 e. The Bertz CT molecular complexity index is 414. The molecule has 0 aliphatic rings. The molecule has 1 aromatic carbocycles. The van der Waals surface area contributed by atoms with Crippen LogP contribution in [0.4, 0.5) is 0 Å². The number of carbonyl (C=O) groups is 2. The van der Waals surface area contributed by atoms with Crippen LogP contribution in [0.2, 0.25) is 10.0 Å². The Labute approximate surface area is 99.7 Å². The lowest BCUT2D eigenvalue weighted by atomic mass is 10.1. The van der Waals surface area contributed by atoms with E-state index < -0.39 is 10.5 Å². The Morgan fingerprint density at radius 2 is 1.57 bits per heavy atom. The van der Waals surface area contributed by atoms with Crippen LogP contribution in [-0.4, -0.2) is 10.5 Å². The largest absolute Gasteiger partial charge is 0.276 e. The molecule has 0 atom stereocenters. The first-order valence-electron chi connectivity index (χ1n) is 3.32. The molecule has 1 aromatic rings. The topological polar surface area (TPSA) is 34.1 Å². The predicted molar refractivity (Wildman–Crippen MR) is 56.8 cm³/mol. The van der Waals surface area contributed by atoms with Crippen LogP contribution < -0.4 is 0 Å². The van der Waals surface area contributed by atoms with Crippen LogP contribution in [0.3, 0.4) is 0 Å². The van der Waals surface area contributed by atoms with Gasteiger partial charge in [-0.2, -0.15) is 0 Å². The molecule has 1 rings (SSSR count). The summed E-state index contributed by atoms with van der Waals surface area (Å²) in [6.45, 7) is 0. The van der Waals surface area contributed by atoms with Crippen LogP contribution >= 0.6 is 46.4 Å². The first kappa shape index (κ1) is 11.8. The molecule has 0 unspecified atom stereocenters. The highest BCUT2D eigenvalue weighted by molar-refractivity contribution is 6.73. The van der Waals surface area contributed by atoms with E-state index in [1.807, 2.05) is 0 Å². The molecule has 0 N–H and O–H groups in total. The minimum atomic E-state index is -0.874. The van der Waals surface area contributed by atoms with E-state index in [0.29, 0.717) is 0 Å². The van der Waals surface area contributed by atoms with Crippen LogP contribution in [0.1, 0.15) is 20.7 Å². The van der Waals surface area contributed by atoms with Crippen LogP contribution in [0.25, 0.3) is 0 Å². The second kappa shape index (κ2) is 4.49. The molecule has 0 bridgehead atoms. The molecule has 0 spiro atoms. The van der Waals surface area contributed by atoms with Crippen molar-refractivity contribution in [1.82, 2.24) is 0 Å². The second-order valence-corrected chi connectivity index (χ2v) is 3.80. The minimum absolute atomic E-state index is 0.0546. The average molecular weight is 272 g/mol. The number of hydrogen-bond donors (Lipinski definition) is 0. The molecule has 0 saturated carbocycles. The summed E-state index contributed by atoms with van der Waals surface area (Å²) in [5, 5.41) is -1.62. The molecule has 74 valence electrons. The van der Waals surface area contributed by atoms with Gasteiger partial charge >= 0.3 is 0 Å². The van der Waals surface area contributed by atoms with Crippen molar-refractivity contribution in [3.63, 3.8) is 0 Å². The van der Waals surface area contributed by atoms with Crippen molar-refractivity contribution in [3.8, 4) is 0 Å². The Kier molecular flexibility index (Phi) is 3.78. The van der Waals surface area contributed by atoms with Gasteiger partial charge in [0.2, 0.25) is 0 Å².